The number of carbonyl (C=O) groups is 2. The Morgan fingerprint density at radius 3 is 2.64 bits per heavy atom. The monoisotopic (exact) mass is 310 g/mol. The van der Waals surface area contributed by atoms with Gasteiger partial charge in [-0.25, -0.2) is 4.79 Å². The van der Waals surface area contributed by atoms with Crippen molar-refractivity contribution in [2.45, 2.75) is 44.1 Å². The van der Waals surface area contributed by atoms with Gasteiger partial charge in [0.15, 0.2) is 0 Å². The molecule has 6 nitrogen and oxygen atoms in total. The Bertz CT molecular complexity index is 426. The lowest BCUT2D eigenvalue weighted by atomic mass is 9.81. The maximum Gasteiger partial charge on any atom is 0.410 e. The summed E-state index contributed by atoms with van der Waals surface area (Å²) < 4.78 is 10.5. The average Bonchev–Trinajstić information content (AvgIpc) is 2.83. The molecule has 0 atom stereocenters. The highest BCUT2D eigenvalue weighted by Crippen LogP contribution is 2.34. The Morgan fingerprint density at radius 2 is 2.00 bits per heavy atom. The van der Waals surface area contributed by atoms with Gasteiger partial charge in [0.2, 0.25) is 0 Å². The van der Waals surface area contributed by atoms with Gasteiger partial charge in [-0.05, 0) is 44.7 Å². The number of methoxy groups -OCH3 is 1. The summed E-state index contributed by atoms with van der Waals surface area (Å²) in [6, 6.07) is 0. The first-order chi connectivity index (χ1) is 10.6. The molecular weight excluding hydrogens is 284 g/mol. The van der Waals surface area contributed by atoms with Crippen LogP contribution in [0.15, 0.2) is 0 Å². The minimum atomic E-state index is -0.258. The SMILES string of the molecule is COC(=O)[C@H]1CC[C@H](CN2CC3(CCNCC3)OC2=O)CC1. The minimum Gasteiger partial charge on any atom is -0.469 e. The predicted octanol–water partition coefficient (Wildman–Crippen LogP) is 1.54. The molecular formula is C16H26N2O4. The van der Waals surface area contributed by atoms with Gasteiger partial charge in [0.05, 0.1) is 19.6 Å². The van der Waals surface area contributed by atoms with Gasteiger partial charge in [0.25, 0.3) is 0 Å². The lowest BCUT2D eigenvalue weighted by Gasteiger charge is -2.32. The fourth-order valence-corrected chi connectivity index (χ4v) is 4.04. The maximum absolute atomic E-state index is 12.1. The summed E-state index contributed by atoms with van der Waals surface area (Å²) in [5, 5.41) is 3.31. The Labute approximate surface area is 131 Å². The molecule has 3 rings (SSSR count). The van der Waals surface area contributed by atoms with Crippen molar-refractivity contribution in [2.75, 3.05) is 33.3 Å². The highest BCUT2D eigenvalue weighted by molar-refractivity contribution is 5.72. The van der Waals surface area contributed by atoms with Gasteiger partial charge in [-0.3, -0.25) is 4.79 Å². The highest BCUT2D eigenvalue weighted by atomic mass is 16.6. The van der Waals surface area contributed by atoms with E-state index in [-0.39, 0.29) is 23.6 Å². The van der Waals surface area contributed by atoms with E-state index in [1.807, 2.05) is 4.90 Å². The molecule has 124 valence electrons. The molecule has 3 aliphatic rings. The van der Waals surface area contributed by atoms with Crippen molar-refractivity contribution >= 4 is 12.1 Å². The van der Waals surface area contributed by atoms with Crippen molar-refractivity contribution in [3.05, 3.63) is 0 Å². The summed E-state index contributed by atoms with van der Waals surface area (Å²) in [5.74, 6) is 0.431. The van der Waals surface area contributed by atoms with E-state index in [1.54, 1.807) is 0 Å². The lowest BCUT2D eigenvalue weighted by molar-refractivity contribution is -0.146. The average molecular weight is 310 g/mol. The van der Waals surface area contributed by atoms with E-state index in [2.05, 4.69) is 5.32 Å². The molecule has 1 amide bonds. The molecule has 1 aliphatic carbocycles. The molecule has 1 saturated carbocycles. The van der Waals surface area contributed by atoms with Gasteiger partial charge in [-0.1, -0.05) is 0 Å². The third-order valence-corrected chi connectivity index (χ3v) is 5.42. The zero-order valence-electron chi connectivity index (χ0n) is 13.3. The van der Waals surface area contributed by atoms with Gasteiger partial charge in [0.1, 0.15) is 5.60 Å². The summed E-state index contributed by atoms with van der Waals surface area (Å²) in [5.41, 5.74) is -0.258. The number of carbonyl (C=O) groups excluding carboxylic acids is 2. The van der Waals surface area contributed by atoms with Crippen LogP contribution in [0.4, 0.5) is 4.79 Å². The van der Waals surface area contributed by atoms with Crippen LogP contribution in [-0.4, -0.2) is 55.9 Å². The molecule has 22 heavy (non-hydrogen) atoms. The van der Waals surface area contributed by atoms with E-state index < -0.39 is 0 Å². The van der Waals surface area contributed by atoms with Gasteiger partial charge >= 0.3 is 12.1 Å². The summed E-state index contributed by atoms with van der Waals surface area (Å²) in [4.78, 5) is 25.6. The van der Waals surface area contributed by atoms with Gasteiger partial charge in [-0.15, -0.1) is 0 Å². The molecule has 0 bridgehead atoms. The summed E-state index contributed by atoms with van der Waals surface area (Å²) in [6.45, 7) is 3.34. The number of esters is 1. The standard InChI is InChI=1S/C16H26N2O4/c1-21-14(19)13-4-2-12(3-5-13)10-18-11-16(22-15(18)20)6-8-17-9-7-16/h12-13,17H,2-11H2,1H3/t12-,13-. The van der Waals surface area contributed by atoms with Crippen LogP contribution < -0.4 is 5.32 Å². The zero-order chi connectivity index (χ0) is 15.6. The Kier molecular flexibility index (Phi) is 4.57. The molecule has 2 aliphatic heterocycles. The first-order valence-corrected chi connectivity index (χ1v) is 8.38. The highest BCUT2D eigenvalue weighted by Gasteiger charge is 2.46. The van der Waals surface area contributed by atoms with Crippen LogP contribution in [0.1, 0.15) is 38.5 Å². The van der Waals surface area contributed by atoms with Gasteiger partial charge < -0.3 is 19.7 Å². The number of piperidine rings is 1. The van der Waals surface area contributed by atoms with Crippen molar-refractivity contribution in [3.8, 4) is 0 Å². The number of hydrogen-bond donors (Lipinski definition) is 1. The number of ether oxygens (including phenoxy) is 2. The van der Waals surface area contributed by atoms with Crippen molar-refractivity contribution < 1.29 is 19.1 Å². The number of amides is 1. The van der Waals surface area contributed by atoms with Crippen molar-refractivity contribution in [2.24, 2.45) is 11.8 Å². The minimum absolute atomic E-state index is 0.0440. The Hall–Kier alpha value is -1.30. The number of nitrogens with one attached hydrogen (secondary N) is 1. The van der Waals surface area contributed by atoms with Crippen LogP contribution >= 0.6 is 0 Å². The molecule has 2 heterocycles. The smallest absolute Gasteiger partial charge is 0.410 e. The van der Waals surface area contributed by atoms with Crippen LogP contribution in [0.3, 0.4) is 0 Å². The molecule has 6 heteroatoms. The topological polar surface area (TPSA) is 67.9 Å². The predicted molar refractivity (Wildman–Crippen MR) is 80.4 cm³/mol. The van der Waals surface area contributed by atoms with Crippen molar-refractivity contribution in [3.63, 3.8) is 0 Å². The summed E-state index contributed by atoms with van der Waals surface area (Å²) >= 11 is 0. The fraction of sp³-hybridized carbons (Fsp3) is 0.875. The molecule has 0 unspecified atom stereocenters. The third-order valence-electron chi connectivity index (χ3n) is 5.42. The van der Waals surface area contributed by atoms with Gasteiger partial charge in [0, 0.05) is 19.4 Å². The van der Waals surface area contributed by atoms with E-state index in [0.29, 0.717) is 5.92 Å². The second-order valence-corrected chi connectivity index (χ2v) is 6.92. The van der Waals surface area contributed by atoms with E-state index in [9.17, 15) is 9.59 Å². The van der Waals surface area contributed by atoms with E-state index in [4.69, 9.17) is 9.47 Å². The molecule has 1 N–H and O–H groups in total. The van der Waals surface area contributed by atoms with Crippen molar-refractivity contribution in [1.82, 2.24) is 10.2 Å². The zero-order valence-corrected chi connectivity index (χ0v) is 13.3. The van der Waals surface area contributed by atoms with Crippen LogP contribution in [0.5, 0.6) is 0 Å². The lowest BCUT2D eigenvalue weighted by Crippen LogP contribution is -2.45. The van der Waals surface area contributed by atoms with Crippen molar-refractivity contribution in [1.29, 1.82) is 0 Å². The maximum atomic E-state index is 12.1. The summed E-state index contributed by atoms with van der Waals surface area (Å²) in [6.07, 6.45) is 5.37. The third kappa shape index (κ3) is 3.21. The Morgan fingerprint density at radius 1 is 1.32 bits per heavy atom. The normalized spacial score (nSPS) is 31.1. The largest absolute Gasteiger partial charge is 0.469 e. The molecule has 0 aromatic heterocycles. The molecule has 0 aromatic rings. The molecule has 0 radical (unpaired) electrons. The first kappa shape index (κ1) is 15.6. The van der Waals surface area contributed by atoms with E-state index in [1.165, 1.54) is 7.11 Å². The molecule has 0 aromatic carbocycles. The number of rotatable bonds is 3. The van der Waals surface area contributed by atoms with Crippen LogP contribution in [0.25, 0.3) is 0 Å². The summed E-state index contributed by atoms with van der Waals surface area (Å²) in [7, 11) is 1.45. The molecule has 2 saturated heterocycles. The van der Waals surface area contributed by atoms with Crippen LogP contribution in [0, 0.1) is 11.8 Å². The van der Waals surface area contributed by atoms with Crippen LogP contribution in [-0.2, 0) is 14.3 Å². The Balaban J connectivity index is 1.50. The van der Waals surface area contributed by atoms with E-state index >= 15 is 0 Å². The van der Waals surface area contributed by atoms with Crippen LogP contribution in [0.2, 0.25) is 0 Å². The first-order valence-electron chi connectivity index (χ1n) is 8.38. The molecule has 3 fully saturated rings. The molecule has 1 spiro atoms. The van der Waals surface area contributed by atoms with Gasteiger partial charge in [-0.2, -0.15) is 0 Å². The second kappa shape index (κ2) is 6.44. The number of hydrogen-bond acceptors (Lipinski definition) is 5. The van der Waals surface area contributed by atoms with E-state index in [0.717, 1.165) is 64.7 Å². The number of nitrogens with zero attached hydrogens (tertiary/aromatic N) is 1. The fourth-order valence-electron chi connectivity index (χ4n) is 4.04. The second-order valence-electron chi connectivity index (χ2n) is 6.92. The quantitative estimate of drug-likeness (QED) is 0.801.